The van der Waals surface area contributed by atoms with E-state index in [2.05, 4.69) is 5.32 Å². The molecule has 1 aromatic carbocycles. The Kier molecular flexibility index (Phi) is 4.49. The van der Waals surface area contributed by atoms with Crippen LogP contribution in [0.3, 0.4) is 0 Å². The topological polar surface area (TPSA) is 58.6 Å². The number of nitrogens with zero attached hydrogens (tertiary/aromatic N) is 1. The Balaban J connectivity index is 1.76. The summed E-state index contributed by atoms with van der Waals surface area (Å²) in [6, 6.07) is 2.94. The largest absolute Gasteiger partial charge is 0.448 e. The van der Waals surface area contributed by atoms with Crippen molar-refractivity contribution in [2.24, 2.45) is 0 Å². The Hall–Kier alpha value is -2.18. The molecule has 20 heavy (non-hydrogen) atoms. The monoisotopic (exact) mass is 284 g/mol. The number of benzene rings is 1. The first-order chi connectivity index (χ1) is 9.56. The zero-order valence-corrected chi connectivity index (χ0v) is 10.7. The number of halogens is 2. The summed E-state index contributed by atoms with van der Waals surface area (Å²) in [4.78, 5) is 24.2. The van der Waals surface area contributed by atoms with Crippen molar-refractivity contribution in [3.63, 3.8) is 0 Å². The first-order valence-electron chi connectivity index (χ1n) is 6.23. The fourth-order valence-corrected chi connectivity index (χ4v) is 1.86. The van der Waals surface area contributed by atoms with Crippen LogP contribution in [-0.2, 0) is 9.53 Å². The standard InChI is InChI=1S/C13H14F2N2O3/c14-9-3-4-11(10(15)8-9)16-12(18)2-1-5-17-6-7-20-13(17)19/h3-4,8H,1-2,5-7H2,(H,16,18). The second-order valence-corrected chi connectivity index (χ2v) is 4.38. The van der Waals surface area contributed by atoms with Crippen molar-refractivity contribution in [2.75, 3.05) is 25.0 Å². The minimum absolute atomic E-state index is 0.0583. The highest BCUT2D eigenvalue weighted by molar-refractivity contribution is 5.90. The molecule has 2 amide bonds. The Morgan fingerprint density at radius 3 is 2.85 bits per heavy atom. The lowest BCUT2D eigenvalue weighted by Gasteiger charge is -2.12. The molecule has 1 aromatic rings. The maximum atomic E-state index is 13.3. The van der Waals surface area contributed by atoms with Crippen LogP contribution in [0, 0.1) is 11.6 Å². The van der Waals surface area contributed by atoms with Gasteiger partial charge >= 0.3 is 6.09 Å². The Labute approximate surface area is 114 Å². The minimum atomic E-state index is -0.818. The Morgan fingerprint density at radius 1 is 1.40 bits per heavy atom. The molecule has 7 heteroatoms. The summed E-state index contributed by atoms with van der Waals surface area (Å²) in [6.45, 7) is 1.30. The second kappa shape index (κ2) is 6.31. The number of hydrogen-bond donors (Lipinski definition) is 1. The van der Waals surface area contributed by atoms with Gasteiger partial charge in [-0.2, -0.15) is 0 Å². The van der Waals surface area contributed by atoms with Crippen LogP contribution in [0.5, 0.6) is 0 Å². The van der Waals surface area contributed by atoms with E-state index in [0.29, 0.717) is 32.2 Å². The second-order valence-electron chi connectivity index (χ2n) is 4.38. The van der Waals surface area contributed by atoms with Crippen LogP contribution in [0.4, 0.5) is 19.3 Å². The van der Waals surface area contributed by atoms with E-state index in [1.54, 1.807) is 0 Å². The van der Waals surface area contributed by atoms with Crippen molar-refractivity contribution in [3.8, 4) is 0 Å². The van der Waals surface area contributed by atoms with Gasteiger partial charge in [-0.05, 0) is 18.6 Å². The molecule has 1 N–H and O–H groups in total. The lowest BCUT2D eigenvalue weighted by atomic mass is 10.2. The molecule has 0 bridgehead atoms. The highest BCUT2D eigenvalue weighted by Crippen LogP contribution is 2.15. The number of nitrogens with one attached hydrogen (secondary N) is 1. The number of ether oxygens (including phenoxy) is 1. The highest BCUT2D eigenvalue weighted by atomic mass is 19.1. The van der Waals surface area contributed by atoms with Gasteiger partial charge < -0.3 is 15.0 Å². The van der Waals surface area contributed by atoms with Crippen LogP contribution in [0.2, 0.25) is 0 Å². The Bertz CT molecular complexity index is 522. The predicted octanol–water partition coefficient (Wildman–Crippen LogP) is 2.14. The summed E-state index contributed by atoms with van der Waals surface area (Å²) in [7, 11) is 0. The molecule has 108 valence electrons. The van der Waals surface area contributed by atoms with Crippen molar-refractivity contribution in [1.29, 1.82) is 0 Å². The van der Waals surface area contributed by atoms with Gasteiger partial charge in [0.1, 0.15) is 18.2 Å². The van der Waals surface area contributed by atoms with Gasteiger partial charge in [-0.3, -0.25) is 4.79 Å². The molecule has 5 nitrogen and oxygen atoms in total. The lowest BCUT2D eigenvalue weighted by molar-refractivity contribution is -0.116. The molecule has 1 aliphatic heterocycles. The van der Waals surface area contributed by atoms with E-state index < -0.39 is 11.6 Å². The molecule has 0 saturated carbocycles. The number of carbonyl (C=O) groups excluding carboxylic acids is 2. The predicted molar refractivity (Wildman–Crippen MR) is 67.1 cm³/mol. The molecule has 2 rings (SSSR count). The molecule has 1 saturated heterocycles. The van der Waals surface area contributed by atoms with E-state index in [-0.39, 0.29) is 24.1 Å². The normalized spacial score (nSPS) is 14.3. The number of anilines is 1. The first kappa shape index (κ1) is 14.2. The van der Waals surface area contributed by atoms with Gasteiger partial charge in [-0.15, -0.1) is 0 Å². The van der Waals surface area contributed by atoms with E-state index in [0.717, 1.165) is 6.07 Å². The van der Waals surface area contributed by atoms with E-state index in [9.17, 15) is 18.4 Å². The molecule has 1 aliphatic rings. The summed E-state index contributed by atoms with van der Waals surface area (Å²) < 4.78 is 30.7. The number of cyclic esters (lactones) is 1. The van der Waals surface area contributed by atoms with Gasteiger partial charge in [0.25, 0.3) is 0 Å². The van der Waals surface area contributed by atoms with Gasteiger partial charge in [0.05, 0.1) is 12.2 Å². The quantitative estimate of drug-likeness (QED) is 0.901. The molecule has 0 spiro atoms. The van der Waals surface area contributed by atoms with Crippen LogP contribution in [-0.4, -0.2) is 36.6 Å². The van der Waals surface area contributed by atoms with Crippen LogP contribution in [0.1, 0.15) is 12.8 Å². The van der Waals surface area contributed by atoms with E-state index in [4.69, 9.17) is 4.74 Å². The fourth-order valence-electron chi connectivity index (χ4n) is 1.86. The Morgan fingerprint density at radius 2 is 2.20 bits per heavy atom. The molecule has 0 aromatic heterocycles. The maximum absolute atomic E-state index is 13.3. The van der Waals surface area contributed by atoms with Crippen molar-refractivity contribution in [3.05, 3.63) is 29.8 Å². The van der Waals surface area contributed by atoms with Crippen molar-refractivity contribution < 1.29 is 23.1 Å². The number of amides is 2. The molecular weight excluding hydrogens is 270 g/mol. The molecule has 0 atom stereocenters. The molecule has 0 unspecified atom stereocenters. The average molecular weight is 284 g/mol. The summed E-state index contributed by atoms with van der Waals surface area (Å²) >= 11 is 0. The third-order valence-electron chi connectivity index (χ3n) is 2.88. The van der Waals surface area contributed by atoms with Crippen LogP contribution in [0.25, 0.3) is 0 Å². The molecule has 0 aliphatic carbocycles. The molecule has 1 fully saturated rings. The van der Waals surface area contributed by atoms with Crippen LogP contribution in [0.15, 0.2) is 18.2 Å². The van der Waals surface area contributed by atoms with Gasteiger partial charge in [-0.25, -0.2) is 13.6 Å². The third-order valence-corrected chi connectivity index (χ3v) is 2.88. The van der Waals surface area contributed by atoms with Gasteiger partial charge in [0.2, 0.25) is 5.91 Å². The maximum Gasteiger partial charge on any atom is 0.409 e. The fraction of sp³-hybridized carbons (Fsp3) is 0.385. The summed E-state index contributed by atoms with van der Waals surface area (Å²) in [5.41, 5.74) is -0.0583. The lowest BCUT2D eigenvalue weighted by Crippen LogP contribution is -2.26. The van der Waals surface area contributed by atoms with Crippen LogP contribution < -0.4 is 5.32 Å². The van der Waals surface area contributed by atoms with Crippen molar-refractivity contribution >= 4 is 17.7 Å². The van der Waals surface area contributed by atoms with Gasteiger partial charge in [0.15, 0.2) is 0 Å². The van der Waals surface area contributed by atoms with Gasteiger partial charge in [0, 0.05) is 19.0 Å². The minimum Gasteiger partial charge on any atom is -0.448 e. The number of hydrogen-bond acceptors (Lipinski definition) is 3. The first-order valence-corrected chi connectivity index (χ1v) is 6.23. The zero-order valence-electron chi connectivity index (χ0n) is 10.7. The third kappa shape index (κ3) is 3.66. The average Bonchev–Trinajstić information content (AvgIpc) is 2.79. The van der Waals surface area contributed by atoms with Gasteiger partial charge in [-0.1, -0.05) is 0 Å². The summed E-state index contributed by atoms with van der Waals surface area (Å²) in [5.74, 6) is -1.91. The zero-order chi connectivity index (χ0) is 14.5. The van der Waals surface area contributed by atoms with E-state index >= 15 is 0 Å². The molecule has 1 heterocycles. The molecular formula is C13H14F2N2O3. The van der Waals surface area contributed by atoms with E-state index in [1.165, 1.54) is 11.0 Å². The molecule has 0 radical (unpaired) electrons. The van der Waals surface area contributed by atoms with E-state index in [1.807, 2.05) is 0 Å². The highest BCUT2D eigenvalue weighted by Gasteiger charge is 2.21. The SMILES string of the molecule is O=C(CCCN1CCOC1=O)Nc1ccc(F)cc1F. The van der Waals surface area contributed by atoms with Crippen molar-refractivity contribution in [2.45, 2.75) is 12.8 Å². The van der Waals surface area contributed by atoms with Crippen LogP contribution >= 0.6 is 0 Å². The number of carbonyl (C=O) groups is 2. The van der Waals surface area contributed by atoms with Crippen molar-refractivity contribution in [1.82, 2.24) is 4.90 Å². The summed E-state index contributed by atoms with van der Waals surface area (Å²) in [5, 5.41) is 2.36. The number of rotatable bonds is 5. The smallest absolute Gasteiger partial charge is 0.409 e. The summed E-state index contributed by atoms with van der Waals surface area (Å²) in [6.07, 6.45) is 0.208.